The van der Waals surface area contributed by atoms with Gasteiger partial charge in [-0.05, 0) is 20.0 Å². The van der Waals surface area contributed by atoms with E-state index < -0.39 is 0 Å². The Balaban J connectivity index is 2.73. The van der Waals surface area contributed by atoms with E-state index in [2.05, 4.69) is 18.9 Å². The van der Waals surface area contributed by atoms with Crippen LogP contribution in [0.5, 0.6) is 5.75 Å². The molecule has 0 saturated heterocycles. The van der Waals surface area contributed by atoms with E-state index in [4.69, 9.17) is 15.2 Å². The van der Waals surface area contributed by atoms with Crippen LogP contribution < -0.4 is 10.5 Å². The number of methoxy groups -OCH3 is 2. The van der Waals surface area contributed by atoms with Gasteiger partial charge in [0.15, 0.2) is 0 Å². The average Bonchev–Trinajstić information content (AvgIpc) is 2.31. The minimum absolute atomic E-state index is 0.363. The molecule has 0 spiro atoms. The molecule has 0 aliphatic heterocycles. The number of hydrogen-bond acceptors (Lipinski definition) is 4. The number of ether oxygens (including phenoxy) is 2. The van der Waals surface area contributed by atoms with Gasteiger partial charge in [0, 0.05) is 37.0 Å². The van der Waals surface area contributed by atoms with Gasteiger partial charge < -0.3 is 15.2 Å². The maximum Gasteiger partial charge on any atom is 0.125 e. The predicted molar refractivity (Wildman–Crippen MR) is 70.2 cm³/mol. The van der Waals surface area contributed by atoms with Gasteiger partial charge in [0.25, 0.3) is 0 Å². The highest BCUT2D eigenvalue weighted by Crippen LogP contribution is 2.23. The quantitative estimate of drug-likeness (QED) is 0.767. The van der Waals surface area contributed by atoms with E-state index in [0.29, 0.717) is 12.6 Å². The molecule has 0 bridgehead atoms. The Morgan fingerprint density at radius 3 is 2.65 bits per heavy atom. The number of nitrogens with two attached hydrogens (primary N) is 1. The van der Waals surface area contributed by atoms with Crippen LogP contribution in [-0.2, 0) is 11.3 Å². The molecule has 0 saturated carbocycles. The molecular formula is C13H22N2O2. The normalized spacial score (nSPS) is 12.8. The molecule has 0 heterocycles. The first-order valence-corrected chi connectivity index (χ1v) is 5.70. The predicted octanol–water partition coefficient (Wildman–Crippen LogP) is 1.74. The van der Waals surface area contributed by atoms with Gasteiger partial charge in [0.05, 0.1) is 13.7 Å². The van der Waals surface area contributed by atoms with Crippen LogP contribution in [0.25, 0.3) is 0 Å². The first-order chi connectivity index (χ1) is 8.08. The van der Waals surface area contributed by atoms with Crippen LogP contribution in [-0.4, -0.2) is 38.8 Å². The van der Waals surface area contributed by atoms with E-state index in [1.54, 1.807) is 14.2 Å². The summed E-state index contributed by atoms with van der Waals surface area (Å²) < 4.78 is 10.5. The second-order valence-corrected chi connectivity index (χ2v) is 4.29. The molecule has 1 aromatic rings. The monoisotopic (exact) mass is 238 g/mol. The Morgan fingerprint density at radius 2 is 2.06 bits per heavy atom. The number of hydrogen-bond donors (Lipinski definition) is 1. The lowest BCUT2D eigenvalue weighted by atomic mass is 10.1. The molecule has 0 fully saturated rings. The third-order valence-electron chi connectivity index (χ3n) is 2.89. The minimum atomic E-state index is 0.363. The van der Waals surface area contributed by atoms with Crippen molar-refractivity contribution in [1.82, 2.24) is 4.90 Å². The molecule has 96 valence electrons. The fraction of sp³-hybridized carbons (Fsp3) is 0.538. The highest BCUT2D eigenvalue weighted by Gasteiger charge is 2.12. The molecule has 4 nitrogen and oxygen atoms in total. The van der Waals surface area contributed by atoms with E-state index in [0.717, 1.165) is 23.5 Å². The first kappa shape index (κ1) is 13.8. The molecular weight excluding hydrogens is 216 g/mol. The topological polar surface area (TPSA) is 47.7 Å². The van der Waals surface area contributed by atoms with Gasteiger partial charge >= 0.3 is 0 Å². The van der Waals surface area contributed by atoms with Crippen LogP contribution in [0.15, 0.2) is 18.2 Å². The van der Waals surface area contributed by atoms with Crippen LogP contribution in [0.2, 0.25) is 0 Å². The van der Waals surface area contributed by atoms with E-state index in [1.807, 2.05) is 18.2 Å². The molecule has 0 radical (unpaired) electrons. The van der Waals surface area contributed by atoms with E-state index in [-0.39, 0.29) is 0 Å². The lowest BCUT2D eigenvalue weighted by Crippen LogP contribution is -2.32. The van der Waals surface area contributed by atoms with Crippen LogP contribution in [0.4, 0.5) is 5.69 Å². The minimum Gasteiger partial charge on any atom is -0.496 e. The van der Waals surface area contributed by atoms with Crippen molar-refractivity contribution < 1.29 is 9.47 Å². The van der Waals surface area contributed by atoms with Crippen molar-refractivity contribution in [2.75, 3.05) is 33.6 Å². The molecule has 0 amide bonds. The Bertz CT molecular complexity index is 355. The van der Waals surface area contributed by atoms with Crippen molar-refractivity contribution in [1.29, 1.82) is 0 Å². The van der Waals surface area contributed by atoms with Gasteiger partial charge in [-0.25, -0.2) is 0 Å². The summed E-state index contributed by atoms with van der Waals surface area (Å²) in [5.41, 5.74) is 7.58. The second-order valence-electron chi connectivity index (χ2n) is 4.29. The second kappa shape index (κ2) is 6.47. The Labute approximate surface area is 103 Å². The summed E-state index contributed by atoms with van der Waals surface area (Å²) in [6.45, 7) is 3.66. The Kier molecular flexibility index (Phi) is 5.25. The summed E-state index contributed by atoms with van der Waals surface area (Å²) >= 11 is 0. The SMILES string of the molecule is COCC(C)N(C)Cc1ccc(N)cc1OC. The number of benzene rings is 1. The van der Waals surface area contributed by atoms with Gasteiger partial charge in [-0.15, -0.1) is 0 Å². The van der Waals surface area contributed by atoms with Gasteiger partial charge in [0.2, 0.25) is 0 Å². The summed E-state index contributed by atoms with van der Waals surface area (Å²) in [5, 5.41) is 0. The molecule has 0 aliphatic rings. The summed E-state index contributed by atoms with van der Waals surface area (Å²) in [7, 11) is 5.45. The summed E-state index contributed by atoms with van der Waals surface area (Å²) in [6, 6.07) is 6.11. The highest BCUT2D eigenvalue weighted by molar-refractivity contribution is 5.48. The van der Waals surface area contributed by atoms with E-state index in [1.165, 1.54) is 0 Å². The van der Waals surface area contributed by atoms with Crippen LogP contribution in [0.3, 0.4) is 0 Å². The number of likely N-dealkylation sites (N-methyl/N-ethyl adjacent to an activating group) is 1. The molecule has 1 unspecified atom stereocenters. The molecule has 1 aromatic carbocycles. The number of rotatable bonds is 6. The van der Waals surface area contributed by atoms with E-state index in [9.17, 15) is 0 Å². The lowest BCUT2D eigenvalue weighted by Gasteiger charge is -2.24. The lowest BCUT2D eigenvalue weighted by molar-refractivity contribution is 0.111. The van der Waals surface area contributed by atoms with Crippen LogP contribution in [0.1, 0.15) is 12.5 Å². The average molecular weight is 238 g/mol. The Hall–Kier alpha value is -1.26. The number of nitrogens with zero attached hydrogens (tertiary/aromatic N) is 1. The molecule has 1 atom stereocenters. The van der Waals surface area contributed by atoms with Crippen LogP contribution in [0, 0.1) is 0 Å². The molecule has 1 rings (SSSR count). The highest BCUT2D eigenvalue weighted by atomic mass is 16.5. The van der Waals surface area contributed by atoms with Crippen molar-refractivity contribution in [3.05, 3.63) is 23.8 Å². The summed E-state index contributed by atoms with van der Waals surface area (Å²) in [5.74, 6) is 0.835. The fourth-order valence-electron chi connectivity index (χ4n) is 1.68. The number of nitrogen functional groups attached to an aromatic ring is 1. The van der Waals surface area contributed by atoms with Crippen molar-refractivity contribution in [3.8, 4) is 5.75 Å². The molecule has 17 heavy (non-hydrogen) atoms. The summed E-state index contributed by atoms with van der Waals surface area (Å²) in [4.78, 5) is 2.22. The smallest absolute Gasteiger partial charge is 0.125 e. The van der Waals surface area contributed by atoms with Gasteiger partial charge in [-0.2, -0.15) is 0 Å². The fourth-order valence-corrected chi connectivity index (χ4v) is 1.68. The number of anilines is 1. The zero-order chi connectivity index (χ0) is 12.8. The zero-order valence-electron chi connectivity index (χ0n) is 11.1. The van der Waals surface area contributed by atoms with Gasteiger partial charge in [-0.1, -0.05) is 6.07 Å². The van der Waals surface area contributed by atoms with Crippen molar-refractivity contribution in [3.63, 3.8) is 0 Å². The standard InChI is InChI=1S/C13H22N2O2/c1-10(9-16-3)15(2)8-11-5-6-12(14)7-13(11)17-4/h5-7,10H,8-9,14H2,1-4H3. The van der Waals surface area contributed by atoms with Crippen molar-refractivity contribution in [2.45, 2.75) is 19.5 Å². The molecule has 0 aliphatic carbocycles. The summed E-state index contributed by atoms with van der Waals surface area (Å²) in [6.07, 6.45) is 0. The zero-order valence-corrected chi connectivity index (χ0v) is 11.1. The Morgan fingerprint density at radius 1 is 1.35 bits per heavy atom. The van der Waals surface area contributed by atoms with Crippen LogP contribution >= 0.6 is 0 Å². The maximum absolute atomic E-state index is 5.73. The molecule has 4 heteroatoms. The van der Waals surface area contributed by atoms with Crippen molar-refractivity contribution >= 4 is 5.69 Å². The van der Waals surface area contributed by atoms with Gasteiger partial charge in [0.1, 0.15) is 5.75 Å². The molecule has 2 N–H and O–H groups in total. The molecule has 0 aromatic heterocycles. The van der Waals surface area contributed by atoms with Gasteiger partial charge in [-0.3, -0.25) is 4.90 Å². The van der Waals surface area contributed by atoms with Crippen molar-refractivity contribution in [2.24, 2.45) is 0 Å². The maximum atomic E-state index is 5.73. The first-order valence-electron chi connectivity index (χ1n) is 5.70. The third-order valence-corrected chi connectivity index (χ3v) is 2.89. The largest absolute Gasteiger partial charge is 0.496 e. The van der Waals surface area contributed by atoms with E-state index >= 15 is 0 Å². The third kappa shape index (κ3) is 3.91.